The van der Waals surface area contributed by atoms with E-state index in [1.54, 1.807) is 6.07 Å². The average molecular weight is 281 g/mol. The first-order valence-electron chi connectivity index (χ1n) is 6.58. The van der Waals surface area contributed by atoms with Gasteiger partial charge in [-0.2, -0.15) is 5.26 Å². The van der Waals surface area contributed by atoms with E-state index in [9.17, 15) is 10.1 Å². The van der Waals surface area contributed by atoms with Crippen molar-refractivity contribution in [1.29, 1.82) is 5.26 Å². The van der Waals surface area contributed by atoms with Crippen molar-refractivity contribution < 1.29 is 4.92 Å². The summed E-state index contributed by atoms with van der Waals surface area (Å²) >= 11 is 0. The normalized spacial score (nSPS) is 9.90. The molecule has 0 radical (unpaired) electrons. The number of nitriles is 1. The van der Waals surface area contributed by atoms with Crippen LogP contribution in [0.15, 0.2) is 42.5 Å². The number of hydrogen-bond acceptors (Lipinski definition) is 4. The average Bonchev–Trinajstić information content (AvgIpc) is 2.47. The van der Waals surface area contributed by atoms with Crippen molar-refractivity contribution in [3.05, 3.63) is 69.3 Å². The summed E-state index contributed by atoms with van der Waals surface area (Å²) in [5.41, 5.74) is 3.25. The summed E-state index contributed by atoms with van der Waals surface area (Å²) in [5, 5.41) is 22.9. The largest absolute Gasteiger partial charge is 0.384 e. The molecule has 5 nitrogen and oxygen atoms in total. The Morgan fingerprint density at radius 2 is 2.10 bits per heavy atom. The summed E-state index contributed by atoms with van der Waals surface area (Å²) in [6.45, 7) is 2.71. The molecule has 0 aromatic heterocycles. The van der Waals surface area contributed by atoms with Crippen LogP contribution in [0.25, 0.3) is 0 Å². The van der Waals surface area contributed by atoms with Crippen molar-refractivity contribution in [3.63, 3.8) is 0 Å². The van der Waals surface area contributed by atoms with Crippen molar-refractivity contribution in [2.24, 2.45) is 0 Å². The van der Waals surface area contributed by atoms with Gasteiger partial charge in [0.05, 0.1) is 16.2 Å². The molecular formula is C16H15N3O2. The molecule has 0 spiro atoms. The van der Waals surface area contributed by atoms with E-state index in [4.69, 9.17) is 5.26 Å². The molecule has 5 heteroatoms. The number of hydrogen-bond donors (Lipinski definition) is 1. The third kappa shape index (κ3) is 3.80. The van der Waals surface area contributed by atoms with E-state index >= 15 is 0 Å². The summed E-state index contributed by atoms with van der Waals surface area (Å²) in [4.78, 5) is 10.2. The molecule has 21 heavy (non-hydrogen) atoms. The quantitative estimate of drug-likeness (QED) is 0.672. The molecule has 0 unspecified atom stereocenters. The first-order valence-corrected chi connectivity index (χ1v) is 6.58. The van der Waals surface area contributed by atoms with Gasteiger partial charge in [-0.1, -0.05) is 29.8 Å². The first kappa shape index (κ1) is 14.5. The minimum atomic E-state index is -0.503. The van der Waals surface area contributed by atoms with E-state index < -0.39 is 4.92 Å². The lowest BCUT2D eigenvalue weighted by Crippen LogP contribution is -2.06. The number of rotatable bonds is 5. The molecule has 0 atom stereocenters. The molecule has 2 aromatic rings. The van der Waals surface area contributed by atoms with Gasteiger partial charge in [-0.05, 0) is 25.0 Å². The minimum Gasteiger partial charge on any atom is -0.384 e. The van der Waals surface area contributed by atoms with E-state index in [1.165, 1.54) is 23.3 Å². The molecule has 0 saturated heterocycles. The van der Waals surface area contributed by atoms with Gasteiger partial charge in [0.1, 0.15) is 6.07 Å². The molecule has 0 aliphatic rings. The van der Waals surface area contributed by atoms with Gasteiger partial charge in [0.25, 0.3) is 5.69 Å². The lowest BCUT2D eigenvalue weighted by molar-refractivity contribution is -0.384. The second-order valence-corrected chi connectivity index (χ2v) is 4.76. The third-order valence-corrected chi connectivity index (χ3v) is 3.15. The predicted octanol–water partition coefficient (Wildman–Crippen LogP) is 3.43. The van der Waals surface area contributed by atoms with Crippen LogP contribution in [-0.2, 0) is 6.42 Å². The molecule has 0 bridgehead atoms. The van der Waals surface area contributed by atoms with Crippen molar-refractivity contribution >= 4 is 11.4 Å². The molecule has 2 aromatic carbocycles. The second kappa shape index (κ2) is 6.53. The maximum Gasteiger partial charge on any atom is 0.270 e. The zero-order valence-corrected chi connectivity index (χ0v) is 11.7. The fourth-order valence-electron chi connectivity index (χ4n) is 2.10. The lowest BCUT2D eigenvalue weighted by Gasteiger charge is -2.08. The molecule has 0 heterocycles. The Bertz CT molecular complexity index is 705. The molecule has 106 valence electrons. The highest BCUT2D eigenvalue weighted by molar-refractivity contribution is 5.61. The van der Waals surface area contributed by atoms with Crippen molar-refractivity contribution in [3.8, 4) is 6.07 Å². The number of anilines is 1. The number of nitrogens with zero attached hydrogens (tertiary/aromatic N) is 2. The molecule has 0 aliphatic heterocycles. The molecule has 0 saturated carbocycles. The first-order chi connectivity index (χ1) is 10.1. The minimum absolute atomic E-state index is 0.0733. The number of nitro groups is 1. The van der Waals surface area contributed by atoms with E-state index in [0.29, 0.717) is 12.2 Å². The van der Waals surface area contributed by atoms with Crippen LogP contribution >= 0.6 is 0 Å². The number of nitro benzene ring substituents is 1. The van der Waals surface area contributed by atoms with Gasteiger partial charge >= 0.3 is 0 Å². The zero-order chi connectivity index (χ0) is 15.2. The third-order valence-electron chi connectivity index (χ3n) is 3.15. The Morgan fingerprint density at radius 3 is 2.76 bits per heavy atom. The van der Waals surface area contributed by atoms with Crippen LogP contribution in [0.2, 0.25) is 0 Å². The van der Waals surface area contributed by atoms with E-state index in [0.717, 1.165) is 6.42 Å². The van der Waals surface area contributed by atoms with Crippen molar-refractivity contribution in [1.82, 2.24) is 0 Å². The summed E-state index contributed by atoms with van der Waals surface area (Å²) < 4.78 is 0. The van der Waals surface area contributed by atoms with Crippen LogP contribution in [-0.4, -0.2) is 11.5 Å². The van der Waals surface area contributed by atoms with Crippen molar-refractivity contribution in [2.45, 2.75) is 13.3 Å². The number of benzene rings is 2. The highest BCUT2D eigenvalue weighted by Gasteiger charge is 2.10. The molecule has 0 amide bonds. The number of non-ortho nitro benzene ring substituents is 1. The van der Waals surface area contributed by atoms with Gasteiger partial charge in [-0.3, -0.25) is 10.1 Å². The fourth-order valence-corrected chi connectivity index (χ4v) is 2.10. The molecule has 0 aliphatic carbocycles. The monoisotopic (exact) mass is 281 g/mol. The van der Waals surface area contributed by atoms with Gasteiger partial charge in [0.15, 0.2) is 0 Å². The molecule has 1 N–H and O–H groups in total. The maximum atomic E-state index is 10.7. The number of aryl methyl sites for hydroxylation is 1. The molecule has 2 rings (SSSR count). The Kier molecular flexibility index (Phi) is 4.52. The van der Waals surface area contributed by atoms with Crippen LogP contribution in [0, 0.1) is 28.4 Å². The van der Waals surface area contributed by atoms with Crippen LogP contribution in [0.1, 0.15) is 16.7 Å². The van der Waals surface area contributed by atoms with Gasteiger partial charge in [-0.15, -0.1) is 0 Å². The Labute approximate surface area is 123 Å². The smallest absolute Gasteiger partial charge is 0.270 e. The molecular weight excluding hydrogens is 266 g/mol. The van der Waals surface area contributed by atoms with Crippen LogP contribution in [0.5, 0.6) is 0 Å². The summed E-state index contributed by atoms with van der Waals surface area (Å²) in [6.07, 6.45) is 0.823. The van der Waals surface area contributed by atoms with Gasteiger partial charge in [0.2, 0.25) is 0 Å². The lowest BCUT2D eigenvalue weighted by atomic mass is 10.1. The van der Waals surface area contributed by atoms with Crippen LogP contribution in [0.4, 0.5) is 11.4 Å². The Morgan fingerprint density at radius 1 is 1.29 bits per heavy atom. The Balaban J connectivity index is 2.03. The van der Waals surface area contributed by atoms with Crippen LogP contribution in [0.3, 0.4) is 0 Å². The zero-order valence-electron chi connectivity index (χ0n) is 11.7. The highest BCUT2D eigenvalue weighted by Crippen LogP contribution is 2.21. The van der Waals surface area contributed by atoms with Crippen molar-refractivity contribution in [2.75, 3.05) is 11.9 Å². The standard InChI is InChI=1S/C16H15N3O2/c1-12-3-2-4-13(9-12)7-8-18-16-6-5-15(19(20)21)10-14(16)11-17/h2-6,9-10,18H,7-8H2,1H3. The van der Waals surface area contributed by atoms with Crippen LogP contribution < -0.4 is 5.32 Å². The van der Waals surface area contributed by atoms with Gasteiger partial charge < -0.3 is 5.32 Å². The maximum absolute atomic E-state index is 10.7. The van der Waals surface area contributed by atoms with Gasteiger partial charge in [-0.25, -0.2) is 0 Å². The van der Waals surface area contributed by atoms with Gasteiger partial charge in [0, 0.05) is 18.7 Å². The van der Waals surface area contributed by atoms with E-state index in [-0.39, 0.29) is 11.3 Å². The fraction of sp³-hybridized carbons (Fsp3) is 0.188. The topological polar surface area (TPSA) is 79.0 Å². The summed E-state index contributed by atoms with van der Waals surface area (Å²) in [7, 11) is 0. The second-order valence-electron chi connectivity index (χ2n) is 4.76. The summed E-state index contributed by atoms with van der Waals surface area (Å²) in [6, 6.07) is 14.5. The summed E-state index contributed by atoms with van der Waals surface area (Å²) in [5.74, 6) is 0. The highest BCUT2D eigenvalue weighted by atomic mass is 16.6. The van der Waals surface area contributed by atoms with E-state index in [2.05, 4.69) is 17.4 Å². The number of nitrogens with one attached hydrogen (secondary N) is 1. The molecule has 0 fully saturated rings. The predicted molar refractivity (Wildman–Crippen MR) is 81.2 cm³/mol. The Hall–Kier alpha value is -2.87. The van der Waals surface area contributed by atoms with E-state index in [1.807, 2.05) is 25.1 Å². The SMILES string of the molecule is Cc1cccc(CCNc2ccc([N+](=O)[O-])cc2C#N)c1.